The van der Waals surface area contributed by atoms with E-state index in [0.717, 1.165) is 0 Å². The van der Waals surface area contributed by atoms with Gasteiger partial charge in [-0.3, -0.25) is 0 Å². The summed E-state index contributed by atoms with van der Waals surface area (Å²) in [6.07, 6.45) is 0. The maximum atomic E-state index is 12.0. The Bertz CT molecular complexity index is 37.3. The van der Waals surface area contributed by atoms with Crippen LogP contribution in [0.5, 0.6) is 0 Å². The van der Waals surface area contributed by atoms with Crippen molar-refractivity contribution in [3.8, 4) is 0 Å². The molecule has 2 heteroatoms. The van der Waals surface area contributed by atoms with Crippen molar-refractivity contribution in [2.45, 2.75) is 19.5 Å². The Kier molecular flexibility index (Phi) is 1.91. The second-order valence-electron chi connectivity index (χ2n) is 1.88. The molecule has 38 valence electrons. The predicted molar refractivity (Wildman–Crippen MR) is 29.0 cm³/mol. The molecule has 0 aliphatic rings. The third-order valence-corrected chi connectivity index (χ3v) is 1.13. The van der Waals surface area contributed by atoms with Gasteiger partial charge in [0.15, 0.2) is 0 Å². The normalized spacial score (nSPS) is 12.0. The fourth-order valence-electron chi connectivity index (χ4n) is 0. The molecular formula is C4H9FS. The van der Waals surface area contributed by atoms with Crippen LogP contribution in [0, 0.1) is 0 Å². The van der Waals surface area contributed by atoms with Gasteiger partial charge in [0, 0.05) is 5.75 Å². The fourth-order valence-corrected chi connectivity index (χ4v) is 0. The number of halogens is 1. The summed E-state index contributed by atoms with van der Waals surface area (Å²) in [4.78, 5) is 0. The Balaban J connectivity index is 3.17. The van der Waals surface area contributed by atoms with Crippen LogP contribution in [0.15, 0.2) is 0 Å². The molecule has 0 rings (SSSR count). The molecule has 0 aromatic carbocycles. The van der Waals surface area contributed by atoms with Crippen molar-refractivity contribution < 1.29 is 4.39 Å². The first kappa shape index (κ1) is 6.28. The minimum atomic E-state index is -1.09. The highest BCUT2D eigenvalue weighted by atomic mass is 32.1. The first-order chi connectivity index (χ1) is 2.56. The zero-order chi connectivity index (χ0) is 5.21. The van der Waals surface area contributed by atoms with Gasteiger partial charge in [0.05, 0.1) is 0 Å². The number of hydrogen-bond donors (Lipinski definition) is 1. The lowest BCUT2D eigenvalue weighted by atomic mass is 10.2. The van der Waals surface area contributed by atoms with Gasteiger partial charge in [-0.25, -0.2) is 4.39 Å². The van der Waals surface area contributed by atoms with E-state index in [1.807, 2.05) is 0 Å². The van der Waals surface area contributed by atoms with E-state index in [-0.39, 0.29) is 0 Å². The van der Waals surface area contributed by atoms with E-state index in [9.17, 15) is 4.39 Å². The molecule has 0 saturated heterocycles. The quantitative estimate of drug-likeness (QED) is 0.485. The van der Waals surface area contributed by atoms with Crippen LogP contribution in [-0.4, -0.2) is 11.4 Å². The van der Waals surface area contributed by atoms with E-state index >= 15 is 0 Å². The van der Waals surface area contributed by atoms with Gasteiger partial charge in [-0.1, -0.05) is 0 Å². The Hall–Kier alpha value is 0.280. The van der Waals surface area contributed by atoms with Gasteiger partial charge < -0.3 is 0 Å². The monoisotopic (exact) mass is 108 g/mol. The summed E-state index contributed by atoms with van der Waals surface area (Å²) in [5.74, 6) is 0.299. The summed E-state index contributed by atoms with van der Waals surface area (Å²) in [6, 6.07) is 0. The molecule has 0 aliphatic carbocycles. The standard InChI is InChI=1S/C4H9FS/c1-4(2,5)3-6/h6H,3H2,1-2H3. The van der Waals surface area contributed by atoms with Crippen molar-refractivity contribution in [3.05, 3.63) is 0 Å². The highest BCUT2D eigenvalue weighted by molar-refractivity contribution is 7.80. The van der Waals surface area contributed by atoms with Gasteiger partial charge in [0.1, 0.15) is 5.67 Å². The van der Waals surface area contributed by atoms with Gasteiger partial charge >= 0.3 is 0 Å². The molecule has 0 aromatic heterocycles. The predicted octanol–water partition coefficient (Wildman–Crippen LogP) is 1.66. The lowest BCUT2D eigenvalue weighted by molar-refractivity contribution is 0.253. The smallest absolute Gasteiger partial charge is 0.114 e. The van der Waals surface area contributed by atoms with E-state index in [2.05, 4.69) is 12.6 Å². The first-order valence-corrected chi connectivity index (χ1v) is 2.49. The van der Waals surface area contributed by atoms with E-state index in [1.165, 1.54) is 13.8 Å². The molecule has 0 amide bonds. The lowest BCUT2D eigenvalue weighted by Gasteiger charge is -2.06. The number of alkyl halides is 1. The lowest BCUT2D eigenvalue weighted by Crippen LogP contribution is -2.12. The van der Waals surface area contributed by atoms with Crippen LogP contribution in [0.2, 0.25) is 0 Å². The molecule has 0 aliphatic heterocycles. The molecular weight excluding hydrogens is 99.1 g/mol. The third-order valence-electron chi connectivity index (χ3n) is 0.376. The molecule has 0 saturated carbocycles. The molecule has 0 unspecified atom stereocenters. The molecule has 0 bridgehead atoms. The van der Waals surface area contributed by atoms with Crippen molar-refractivity contribution in [3.63, 3.8) is 0 Å². The molecule has 0 heterocycles. The van der Waals surface area contributed by atoms with Crippen molar-refractivity contribution in [1.29, 1.82) is 0 Å². The molecule has 0 N–H and O–H groups in total. The summed E-state index contributed by atoms with van der Waals surface area (Å²) in [6.45, 7) is 3.00. The Morgan fingerprint density at radius 2 is 1.83 bits per heavy atom. The van der Waals surface area contributed by atoms with Crippen LogP contribution >= 0.6 is 12.6 Å². The van der Waals surface area contributed by atoms with Gasteiger partial charge in [0.2, 0.25) is 0 Å². The summed E-state index contributed by atoms with van der Waals surface area (Å²) >= 11 is 3.73. The maximum absolute atomic E-state index is 12.0. The van der Waals surface area contributed by atoms with Gasteiger partial charge in [-0.05, 0) is 13.8 Å². The molecule has 0 aromatic rings. The van der Waals surface area contributed by atoms with Crippen LogP contribution < -0.4 is 0 Å². The van der Waals surface area contributed by atoms with Gasteiger partial charge in [-0.15, -0.1) is 0 Å². The fraction of sp³-hybridized carbons (Fsp3) is 1.00. The van der Waals surface area contributed by atoms with E-state index in [1.54, 1.807) is 0 Å². The highest BCUT2D eigenvalue weighted by Crippen LogP contribution is 2.08. The maximum Gasteiger partial charge on any atom is 0.114 e. The Morgan fingerprint density at radius 1 is 1.67 bits per heavy atom. The number of rotatable bonds is 1. The average molecular weight is 108 g/mol. The van der Waals surface area contributed by atoms with Crippen LogP contribution in [0.3, 0.4) is 0 Å². The third kappa shape index (κ3) is 4.28. The van der Waals surface area contributed by atoms with Crippen molar-refractivity contribution in [2.24, 2.45) is 0 Å². The van der Waals surface area contributed by atoms with Gasteiger partial charge in [0.25, 0.3) is 0 Å². The van der Waals surface area contributed by atoms with Crippen molar-refractivity contribution in [2.75, 3.05) is 5.75 Å². The van der Waals surface area contributed by atoms with E-state index in [4.69, 9.17) is 0 Å². The Labute approximate surface area is 43.2 Å². The number of thiol groups is 1. The molecule has 0 atom stereocenters. The molecule has 0 nitrogen and oxygen atoms in total. The van der Waals surface area contributed by atoms with E-state index < -0.39 is 5.67 Å². The molecule has 0 fully saturated rings. The summed E-state index contributed by atoms with van der Waals surface area (Å²) < 4.78 is 12.0. The van der Waals surface area contributed by atoms with Crippen LogP contribution in [-0.2, 0) is 0 Å². The zero-order valence-electron chi connectivity index (χ0n) is 4.03. The SMILES string of the molecule is CC(C)(F)CS. The summed E-state index contributed by atoms with van der Waals surface area (Å²) in [7, 11) is 0. The summed E-state index contributed by atoms with van der Waals surface area (Å²) in [5, 5.41) is 0. The first-order valence-electron chi connectivity index (χ1n) is 1.86. The Morgan fingerprint density at radius 3 is 1.83 bits per heavy atom. The molecule has 0 spiro atoms. The molecule has 0 radical (unpaired) electrons. The second-order valence-corrected chi connectivity index (χ2v) is 2.19. The van der Waals surface area contributed by atoms with Crippen LogP contribution in [0.25, 0.3) is 0 Å². The van der Waals surface area contributed by atoms with Crippen LogP contribution in [0.1, 0.15) is 13.8 Å². The molecule has 6 heavy (non-hydrogen) atoms. The minimum Gasteiger partial charge on any atom is -0.244 e. The van der Waals surface area contributed by atoms with Gasteiger partial charge in [-0.2, -0.15) is 12.6 Å². The average Bonchev–Trinajstić information content (AvgIpc) is 1.35. The number of hydrogen-bond acceptors (Lipinski definition) is 1. The topological polar surface area (TPSA) is 0 Å². The van der Waals surface area contributed by atoms with Crippen molar-refractivity contribution >= 4 is 12.6 Å². The minimum absolute atomic E-state index is 0.299. The van der Waals surface area contributed by atoms with E-state index in [0.29, 0.717) is 5.75 Å². The highest BCUT2D eigenvalue weighted by Gasteiger charge is 2.10. The van der Waals surface area contributed by atoms with Crippen LogP contribution in [0.4, 0.5) is 4.39 Å². The largest absolute Gasteiger partial charge is 0.244 e. The van der Waals surface area contributed by atoms with Crippen molar-refractivity contribution in [1.82, 2.24) is 0 Å². The second kappa shape index (κ2) is 1.82. The zero-order valence-corrected chi connectivity index (χ0v) is 4.93. The summed E-state index contributed by atoms with van der Waals surface area (Å²) in [5.41, 5.74) is -1.09.